The molecule has 0 saturated carbocycles. The van der Waals surface area contributed by atoms with Crippen molar-refractivity contribution in [3.8, 4) is 0 Å². The van der Waals surface area contributed by atoms with Crippen LogP contribution in [0.5, 0.6) is 0 Å². The third-order valence-electron chi connectivity index (χ3n) is 3.51. The van der Waals surface area contributed by atoms with Crippen molar-refractivity contribution < 1.29 is 69.7 Å². The first-order chi connectivity index (χ1) is 11.9. The minimum absolute atomic E-state index is 0. The van der Waals surface area contributed by atoms with Gasteiger partial charge in [-0.2, -0.15) is 30.0 Å². The van der Waals surface area contributed by atoms with Crippen molar-refractivity contribution in [2.75, 3.05) is 12.4 Å². The van der Waals surface area contributed by atoms with Gasteiger partial charge in [-0.25, -0.2) is 0 Å². The minimum atomic E-state index is -4.54. The molecule has 6 nitrogen and oxygen atoms in total. The summed E-state index contributed by atoms with van der Waals surface area (Å²) < 4.78 is 95.5. The van der Waals surface area contributed by atoms with Crippen LogP contribution >= 0.6 is 0 Å². The zero-order valence-corrected chi connectivity index (χ0v) is 18.5. The largest absolute Gasteiger partial charge is 1.00 e. The maximum absolute atomic E-state index is 12.5. The molecule has 152 valence electrons. The van der Waals surface area contributed by atoms with Crippen LogP contribution in [-0.4, -0.2) is 33.7 Å². The summed E-state index contributed by atoms with van der Waals surface area (Å²) in [7, 11) is -8.03. The molecule has 0 unspecified atom stereocenters. The van der Waals surface area contributed by atoms with E-state index in [4.69, 9.17) is 8.74 Å². The van der Waals surface area contributed by atoms with Crippen molar-refractivity contribution in [3.63, 3.8) is 0 Å². The molecule has 12 heteroatoms. The molecule has 0 radical (unpaired) electrons. The van der Waals surface area contributed by atoms with Crippen molar-refractivity contribution in [3.05, 3.63) is 29.8 Å². The smallest absolute Gasteiger partial charge is 1.00 e. The van der Waals surface area contributed by atoms with Crippen LogP contribution in [0.3, 0.4) is 0 Å². The Bertz CT molecular complexity index is 768. The maximum atomic E-state index is 12.5. The Morgan fingerprint density at radius 3 is 1.85 bits per heavy atom. The zero-order chi connectivity index (χ0) is 19.8. The predicted molar refractivity (Wildman–Crippen MR) is 89.8 cm³/mol. The van der Waals surface area contributed by atoms with Crippen molar-refractivity contribution in [2.45, 2.75) is 49.6 Å². The Morgan fingerprint density at radius 2 is 1.37 bits per heavy atom. The first-order valence-corrected chi connectivity index (χ1v) is 11.0. The monoisotopic (exact) mass is 442 g/mol. The van der Waals surface area contributed by atoms with Crippen LogP contribution in [0.4, 0.5) is 13.2 Å². The fraction of sp³-hybridized carbons (Fsp3) is 0.600. The summed E-state index contributed by atoms with van der Waals surface area (Å²) in [6.45, 7) is -0.0889. The average molecular weight is 442 g/mol. The Balaban J connectivity index is 0. The molecule has 0 aliphatic heterocycles. The van der Waals surface area contributed by atoms with Gasteiger partial charge in [-0.3, -0.25) is 8.74 Å². The molecule has 1 aromatic carbocycles. The molecule has 0 amide bonds. The number of benzene rings is 1. The van der Waals surface area contributed by atoms with Crippen LogP contribution in [-0.2, 0) is 30.6 Å². The molecule has 0 saturated heterocycles. The maximum Gasteiger partial charge on any atom is 1.00 e. The van der Waals surface area contributed by atoms with Crippen molar-refractivity contribution in [2.24, 2.45) is 0 Å². The van der Waals surface area contributed by atoms with Crippen LogP contribution in [0.25, 0.3) is 0 Å². The van der Waals surface area contributed by atoms with E-state index in [2.05, 4.69) is 0 Å². The normalized spacial score (nSPS) is 12.6. The summed E-state index contributed by atoms with van der Waals surface area (Å²) >= 11 is 0. The second-order valence-corrected chi connectivity index (χ2v) is 8.89. The van der Waals surface area contributed by atoms with Crippen LogP contribution in [0.2, 0.25) is 0 Å². The van der Waals surface area contributed by atoms with Gasteiger partial charge in [0.15, 0.2) is 0 Å². The molecule has 0 aromatic heterocycles. The van der Waals surface area contributed by atoms with Gasteiger partial charge in [0.2, 0.25) is 0 Å². The van der Waals surface area contributed by atoms with Gasteiger partial charge in [0, 0.05) is 0 Å². The number of alkyl halides is 3. The summed E-state index contributed by atoms with van der Waals surface area (Å²) in [6, 6.07) is 3.08. The van der Waals surface area contributed by atoms with E-state index in [0.29, 0.717) is 37.8 Å². The Labute approximate surface area is 181 Å². The van der Waals surface area contributed by atoms with Crippen LogP contribution in [0.1, 0.15) is 45.5 Å². The molecule has 0 heterocycles. The minimum Gasteiger partial charge on any atom is -1.00 e. The van der Waals surface area contributed by atoms with Gasteiger partial charge >= 0.3 is 35.7 Å². The summed E-state index contributed by atoms with van der Waals surface area (Å²) in [5.41, 5.74) is -0.939. The first kappa shape index (κ1) is 26.8. The molecule has 0 aliphatic carbocycles. The van der Waals surface area contributed by atoms with Crippen molar-refractivity contribution in [1.29, 1.82) is 0 Å². The van der Waals surface area contributed by atoms with E-state index in [-0.39, 0.29) is 48.2 Å². The standard InChI is InChI=1S/C15H21F3O6S2.Na.H/c16-15(17,18)13-7-9-14(10-8-13)26(22,23)24-11-5-3-1-2-4-6-12-25(19,20)21;;/h7-10H,1-6,11-12H2,(H,19,20,21);;/q;+1;-1. The predicted octanol–water partition coefficient (Wildman–Crippen LogP) is 0.756. The SMILES string of the molecule is O=S(=O)(O)CCCCCCCCOS(=O)(=O)c1ccc(C(F)(F)F)cc1.[H-].[Na+]. The summed E-state index contributed by atoms with van der Waals surface area (Å²) in [6.07, 6.45) is -0.963. The quantitative estimate of drug-likeness (QED) is 0.235. The van der Waals surface area contributed by atoms with Crippen LogP contribution < -0.4 is 29.6 Å². The topological polar surface area (TPSA) is 97.7 Å². The Kier molecular flexibility index (Phi) is 11.7. The van der Waals surface area contributed by atoms with Crippen LogP contribution in [0, 0.1) is 0 Å². The summed E-state index contributed by atoms with van der Waals surface area (Å²) in [5, 5.41) is 0. The van der Waals surface area contributed by atoms with E-state index in [1.165, 1.54) is 0 Å². The van der Waals surface area contributed by atoms with E-state index in [9.17, 15) is 30.0 Å². The molecule has 0 bridgehead atoms. The molecule has 27 heavy (non-hydrogen) atoms. The van der Waals surface area contributed by atoms with Gasteiger partial charge in [0.1, 0.15) is 0 Å². The van der Waals surface area contributed by atoms with Crippen LogP contribution in [0.15, 0.2) is 29.2 Å². The molecule has 0 fully saturated rings. The second kappa shape index (κ2) is 11.7. The Morgan fingerprint density at radius 1 is 0.889 bits per heavy atom. The molecular formula is C15H22F3NaO6S2. The van der Waals surface area contributed by atoms with Gasteiger partial charge in [0.25, 0.3) is 20.2 Å². The van der Waals surface area contributed by atoms with Gasteiger partial charge < -0.3 is 1.43 Å². The molecule has 1 N–H and O–H groups in total. The zero-order valence-electron chi connectivity index (χ0n) is 15.9. The van der Waals surface area contributed by atoms with Gasteiger partial charge in [-0.1, -0.05) is 25.7 Å². The molecule has 1 aromatic rings. The van der Waals surface area contributed by atoms with E-state index in [1.807, 2.05) is 0 Å². The summed E-state index contributed by atoms with van der Waals surface area (Å²) in [4.78, 5) is -0.337. The van der Waals surface area contributed by atoms with Gasteiger partial charge in [0.05, 0.1) is 22.8 Å². The Hall–Kier alpha value is -0.170. The average Bonchev–Trinajstić information content (AvgIpc) is 2.51. The van der Waals surface area contributed by atoms with Gasteiger partial charge in [-0.05, 0) is 37.1 Å². The van der Waals surface area contributed by atoms with E-state index >= 15 is 0 Å². The third-order valence-corrected chi connectivity index (χ3v) is 5.64. The molecule has 0 atom stereocenters. The van der Waals surface area contributed by atoms with Crippen molar-refractivity contribution in [1.82, 2.24) is 0 Å². The molecular weight excluding hydrogens is 420 g/mol. The number of unbranched alkanes of at least 4 members (excludes halogenated alkanes) is 5. The number of hydrogen-bond acceptors (Lipinski definition) is 5. The first-order valence-electron chi connectivity index (χ1n) is 7.94. The second-order valence-electron chi connectivity index (χ2n) is 5.71. The number of rotatable bonds is 11. The van der Waals surface area contributed by atoms with E-state index < -0.39 is 32.0 Å². The fourth-order valence-corrected chi connectivity index (χ4v) is 3.65. The van der Waals surface area contributed by atoms with E-state index in [1.54, 1.807) is 0 Å². The van der Waals surface area contributed by atoms with E-state index in [0.717, 1.165) is 25.0 Å². The third kappa shape index (κ3) is 11.4. The van der Waals surface area contributed by atoms with Crippen molar-refractivity contribution >= 4 is 20.2 Å². The fourth-order valence-electron chi connectivity index (χ4n) is 2.14. The number of halogens is 3. The number of hydrogen-bond donors (Lipinski definition) is 1. The summed E-state index contributed by atoms with van der Waals surface area (Å²) in [5.74, 6) is -0.276. The molecule has 1 rings (SSSR count). The van der Waals surface area contributed by atoms with Gasteiger partial charge in [-0.15, -0.1) is 0 Å². The molecule has 0 spiro atoms. The molecule has 0 aliphatic rings.